The maximum absolute atomic E-state index is 10.8. The van der Waals surface area contributed by atoms with Crippen molar-refractivity contribution in [3.8, 4) is 9.85 Å². The third-order valence-electron chi connectivity index (χ3n) is 1.05. The molecule has 13 heavy (non-hydrogen) atoms. The van der Waals surface area contributed by atoms with Gasteiger partial charge in [-0.1, -0.05) is 5.92 Å². The van der Waals surface area contributed by atoms with E-state index in [4.69, 9.17) is 5.11 Å². The van der Waals surface area contributed by atoms with Crippen LogP contribution in [0.25, 0.3) is 0 Å². The standard InChI is InChI=1S/C7H8INO4/c1-5(6(10)11)9-7(12)13-4-2-3-8/h5H,4H2,1H3,(H,9,12)(H,10,11). The number of nitrogens with one attached hydrogen (secondary N) is 1. The predicted molar refractivity (Wildman–Crippen MR) is 53.4 cm³/mol. The van der Waals surface area contributed by atoms with E-state index in [1.165, 1.54) is 6.92 Å². The van der Waals surface area contributed by atoms with E-state index in [1.54, 1.807) is 22.6 Å². The van der Waals surface area contributed by atoms with Crippen LogP contribution in [0, 0.1) is 9.85 Å². The van der Waals surface area contributed by atoms with E-state index in [9.17, 15) is 9.59 Å². The minimum atomic E-state index is -1.11. The summed E-state index contributed by atoms with van der Waals surface area (Å²) in [6, 6.07) is -0.958. The fraction of sp³-hybridized carbons (Fsp3) is 0.429. The molecule has 0 aromatic heterocycles. The van der Waals surface area contributed by atoms with Gasteiger partial charge in [0.25, 0.3) is 0 Å². The highest BCUT2D eigenvalue weighted by atomic mass is 127. The van der Waals surface area contributed by atoms with Gasteiger partial charge in [-0.05, 0) is 10.9 Å². The highest BCUT2D eigenvalue weighted by Crippen LogP contribution is 1.84. The van der Waals surface area contributed by atoms with Crippen molar-refractivity contribution >= 4 is 34.7 Å². The van der Waals surface area contributed by atoms with Crippen molar-refractivity contribution in [1.29, 1.82) is 0 Å². The Morgan fingerprint density at radius 3 is 2.77 bits per heavy atom. The van der Waals surface area contributed by atoms with E-state index in [2.05, 4.69) is 19.9 Å². The van der Waals surface area contributed by atoms with Crippen molar-refractivity contribution < 1.29 is 19.4 Å². The summed E-state index contributed by atoms with van der Waals surface area (Å²) in [5.41, 5.74) is 0. The second-order valence-corrected chi connectivity index (χ2v) is 2.59. The van der Waals surface area contributed by atoms with Gasteiger partial charge in [0, 0.05) is 22.6 Å². The first-order chi connectivity index (χ1) is 6.07. The molecule has 0 heterocycles. The summed E-state index contributed by atoms with van der Waals surface area (Å²) in [4.78, 5) is 21.0. The van der Waals surface area contributed by atoms with Gasteiger partial charge in [-0.25, -0.2) is 4.79 Å². The van der Waals surface area contributed by atoms with Gasteiger partial charge in [-0.15, -0.1) is 0 Å². The lowest BCUT2D eigenvalue weighted by Crippen LogP contribution is -2.38. The summed E-state index contributed by atoms with van der Waals surface area (Å²) in [5.74, 6) is 1.37. The smallest absolute Gasteiger partial charge is 0.408 e. The average Bonchev–Trinajstić information content (AvgIpc) is 2.04. The van der Waals surface area contributed by atoms with Crippen LogP contribution < -0.4 is 5.32 Å². The zero-order chi connectivity index (χ0) is 10.3. The number of ether oxygens (including phenoxy) is 1. The minimum absolute atomic E-state index is 0.0406. The molecule has 1 amide bonds. The van der Waals surface area contributed by atoms with E-state index < -0.39 is 18.1 Å². The summed E-state index contributed by atoms with van der Waals surface area (Å²) in [6.07, 6.45) is -0.783. The molecule has 1 atom stereocenters. The van der Waals surface area contributed by atoms with E-state index in [0.29, 0.717) is 0 Å². The lowest BCUT2D eigenvalue weighted by molar-refractivity contribution is -0.138. The van der Waals surface area contributed by atoms with Gasteiger partial charge in [-0.2, -0.15) is 0 Å². The minimum Gasteiger partial charge on any atom is -0.480 e. The Hall–Kier alpha value is -0.970. The first-order valence-corrected chi connectivity index (χ1v) is 4.40. The average molecular weight is 297 g/mol. The number of carboxylic acids is 1. The maximum Gasteiger partial charge on any atom is 0.408 e. The second kappa shape index (κ2) is 6.54. The number of aliphatic carboxylic acids is 1. The third-order valence-corrected chi connectivity index (χ3v) is 1.43. The van der Waals surface area contributed by atoms with Gasteiger partial charge >= 0.3 is 12.1 Å². The summed E-state index contributed by atoms with van der Waals surface area (Å²) in [5, 5.41) is 10.5. The Labute approximate surface area is 89.0 Å². The van der Waals surface area contributed by atoms with Crippen LogP contribution >= 0.6 is 22.6 Å². The molecule has 0 saturated heterocycles. The van der Waals surface area contributed by atoms with Gasteiger partial charge in [-0.3, -0.25) is 4.79 Å². The fourth-order valence-electron chi connectivity index (χ4n) is 0.409. The molecular formula is C7H8INO4. The second-order valence-electron chi connectivity index (χ2n) is 2.05. The van der Waals surface area contributed by atoms with Crippen molar-refractivity contribution in [1.82, 2.24) is 5.32 Å². The van der Waals surface area contributed by atoms with Crippen LogP contribution in [0.1, 0.15) is 6.92 Å². The topological polar surface area (TPSA) is 75.6 Å². The van der Waals surface area contributed by atoms with Gasteiger partial charge < -0.3 is 15.2 Å². The molecule has 6 heteroatoms. The number of halogens is 1. The summed E-state index contributed by atoms with van der Waals surface area (Å²) < 4.78 is 7.01. The molecule has 72 valence electrons. The molecule has 0 bridgehead atoms. The van der Waals surface area contributed by atoms with Crippen LogP contribution in [0.2, 0.25) is 0 Å². The Balaban J connectivity index is 3.72. The molecule has 2 N–H and O–H groups in total. The summed E-state index contributed by atoms with van der Waals surface area (Å²) in [6.45, 7) is 1.30. The van der Waals surface area contributed by atoms with Crippen LogP contribution in [-0.4, -0.2) is 29.8 Å². The molecule has 5 nitrogen and oxygen atoms in total. The molecule has 0 aliphatic carbocycles. The molecule has 0 aliphatic rings. The first-order valence-electron chi connectivity index (χ1n) is 3.32. The monoisotopic (exact) mass is 297 g/mol. The molecule has 0 aliphatic heterocycles. The molecule has 0 aromatic rings. The van der Waals surface area contributed by atoms with Crippen LogP contribution in [0.3, 0.4) is 0 Å². The van der Waals surface area contributed by atoms with Crippen LogP contribution in [-0.2, 0) is 9.53 Å². The molecular weight excluding hydrogens is 289 g/mol. The van der Waals surface area contributed by atoms with Crippen molar-refractivity contribution in [3.05, 3.63) is 0 Å². The van der Waals surface area contributed by atoms with E-state index in [-0.39, 0.29) is 6.61 Å². The van der Waals surface area contributed by atoms with E-state index in [0.717, 1.165) is 0 Å². The fourth-order valence-corrected chi connectivity index (χ4v) is 0.565. The molecule has 0 aromatic carbocycles. The Kier molecular flexibility index (Phi) is 6.05. The Morgan fingerprint density at radius 1 is 1.69 bits per heavy atom. The third kappa shape index (κ3) is 6.21. The van der Waals surface area contributed by atoms with Crippen molar-refractivity contribution in [2.45, 2.75) is 13.0 Å². The largest absolute Gasteiger partial charge is 0.480 e. The van der Waals surface area contributed by atoms with Crippen LogP contribution in [0.5, 0.6) is 0 Å². The van der Waals surface area contributed by atoms with Gasteiger partial charge in [0.1, 0.15) is 6.04 Å². The molecule has 0 rings (SSSR count). The van der Waals surface area contributed by atoms with Crippen LogP contribution in [0.15, 0.2) is 0 Å². The number of hydrogen-bond acceptors (Lipinski definition) is 3. The summed E-state index contributed by atoms with van der Waals surface area (Å²) in [7, 11) is 0. The highest BCUT2D eigenvalue weighted by molar-refractivity contribution is 14.1. The van der Waals surface area contributed by atoms with Crippen molar-refractivity contribution in [3.63, 3.8) is 0 Å². The zero-order valence-electron chi connectivity index (χ0n) is 6.83. The number of carbonyl (C=O) groups excluding carboxylic acids is 1. The van der Waals surface area contributed by atoms with E-state index in [1.807, 2.05) is 0 Å². The quantitative estimate of drug-likeness (QED) is 0.590. The number of alkyl carbamates (subject to hydrolysis) is 1. The normalized spacial score (nSPS) is 10.6. The Morgan fingerprint density at radius 2 is 2.31 bits per heavy atom. The molecule has 0 saturated carbocycles. The summed E-state index contributed by atoms with van der Waals surface area (Å²) >= 11 is 1.80. The number of hydrogen-bond donors (Lipinski definition) is 2. The first kappa shape index (κ1) is 12.0. The van der Waals surface area contributed by atoms with Crippen LogP contribution in [0.4, 0.5) is 4.79 Å². The molecule has 0 radical (unpaired) electrons. The number of carbonyl (C=O) groups is 2. The maximum atomic E-state index is 10.8. The highest BCUT2D eigenvalue weighted by Gasteiger charge is 2.13. The van der Waals surface area contributed by atoms with Crippen molar-refractivity contribution in [2.75, 3.05) is 6.61 Å². The van der Waals surface area contributed by atoms with Gasteiger partial charge in [0.05, 0.1) is 0 Å². The Bertz CT molecular complexity index is 255. The number of amides is 1. The predicted octanol–water partition coefficient (Wildman–Crippen LogP) is 0.582. The van der Waals surface area contributed by atoms with Gasteiger partial charge in [0.2, 0.25) is 0 Å². The molecule has 0 spiro atoms. The molecule has 1 unspecified atom stereocenters. The van der Waals surface area contributed by atoms with Gasteiger partial charge in [0.15, 0.2) is 6.61 Å². The van der Waals surface area contributed by atoms with E-state index >= 15 is 0 Å². The van der Waals surface area contributed by atoms with Crippen molar-refractivity contribution in [2.24, 2.45) is 0 Å². The number of rotatable bonds is 3. The lowest BCUT2D eigenvalue weighted by Gasteiger charge is -2.07. The zero-order valence-corrected chi connectivity index (χ0v) is 8.99. The lowest BCUT2D eigenvalue weighted by atomic mass is 10.4. The SMILES string of the molecule is CC(NC(=O)OCC#CI)C(=O)O. The number of carboxylic acid groups (broad SMARTS) is 1. The molecule has 0 fully saturated rings.